The van der Waals surface area contributed by atoms with Crippen molar-refractivity contribution < 1.29 is 9.53 Å². The van der Waals surface area contributed by atoms with Gasteiger partial charge < -0.3 is 20.7 Å². The maximum atomic E-state index is 11.8. The van der Waals surface area contributed by atoms with Crippen LogP contribution in [0.4, 0.5) is 0 Å². The zero-order valence-electron chi connectivity index (χ0n) is 18.9. The molecule has 0 radical (unpaired) electrons. The lowest BCUT2D eigenvalue weighted by molar-refractivity contribution is 0.0963. The van der Waals surface area contributed by atoms with E-state index in [0.717, 1.165) is 29.0 Å². The van der Waals surface area contributed by atoms with E-state index in [4.69, 9.17) is 4.74 Å². The summed E-state index contributed by atoms with van der Waals surface area (Å²) in [5.74, 6) is 1.43. The summed E-state index contributed by atoms with van der Waals surface area (Å²) in [7, 11) is 3.38. The van der Waals surface area contributed by atoms with Crippen LogP contribution in [0.2, 0.25) is 0 Å². The molecule has 0 aliphatic carbocycles. The Morgan fingerprint density at radius 1 is 1.00 bits per heavy atom. The number of halogens is 1. The van der Waals surface area contributed by atoms with Crippen molar-refractivity contribution in [3.63, 3.8) is 0 Å². The highest BCUT2D eigenvalue weighted by atomic mass is 127. The van der Waals surface area contributed by atoms with Gasteiger partial charge in [-0.2, -0.15) is 0 Å². The van der Waals surface area contributed by atoms with Crippen molar-refractivity contribution in [3.05, 3.63) is 95.3 Å². The minimum absolute atomic E-state index is 0. The normalized spacial score (nSPS) is 10.7. The molecule has 2 aromatic carbocycles. The predicted molar refractivity (Wildman–Crippen MR) is 142 cm³/mol. The molecule has 1 amide bonds. The van der Waals surface area contributed by atoms with Crippen molar-refractivity contribution in [2.24, 2.45) is 4.99 Å². The van der Waals surface area contributed by atoms with Crippen LogP contribution in [0.1, 0.15) is 27.2 Å². The minimum atomic E-state index is -0.0801. The number of aliphatic imine (C=N–C) groups is 1. The van der Waals surface area contributed by atoms with E-state index in [1.807, 2.05) is 66.7 Å². The van der Waals surface area contributed by atoms with Crippen molar-refractivity contribution in [2.75, 3.05) is 20.6 Å². The number of nitrogens with zero attached hydrogens (tertiary/aromatic N) is 2. The molecule has 3 rings (SSSR count). The number of nitrogens with one attached hydrogen (secondary N) is 3. The number of rotatable bonds is 9. The molecular weight excluding hydrogens is 529 g/mol. The Bertz CT molecular complexity index is 1040. The fraction of sp³-hybridized carbons (Fsp3) is 0.240. The molecule has 1 heterocycles. The van der Waals surface area contributed by atoms with Crippen LogP contribution in [0.5, 0.6) is 5.75 Å². The van der Waals surface area contributed by atoms with Gasteiger partial charge in [0.05, 0.1) is 5.69 Å². The minimum Gasteiger partial charge on any atom is -0.487 e. The van der Waals surface area contributed by atoms with E-state index in [1.54, 1.807) is 20.3 Å². The van der Waals surface area contributed by atoms with E-state index in [1.165, 1.54) is 0 Å². The second-order valence-corrected chi connectivity index (χ2v) is 7.14. The van der Waals surface area contributed by atoms with Crippen LogP contribution in [0, 0.1) is 0 Å². The van der Waals surface area contributed by atoms with Crippen LogP contribution in [-0.2, 0) is 19.6 Å². The van der Waals surface area contributed by atoms with Crippen LogP contribution in [0.15, 0.2) is 77.9 Å². The number of amides is 1. The Morgan fingerprint density at radius 2 is 1.82 bits per heavy atom. The first-order chi connectivity index (χ1) is 15.7. The van der Waals surface area contributed by atoms with Gasteiger partial charge in [-0.05, 0) is 53.9 Å². The van der Waals surface area contributed by atoms with Crippen LogP contribution in [0.25, 0.3) is 0 Å². The van der Waals surface area contributed by atoms with Gasteiger partial charge in [0.1, 0.15) is 12.4 Å². The topological polar surface area (TPSA) is 87.6 Å². The Kier molecular flexibility index (Phi) is 11.2. The molecule has 1 aromatic heterocycles. The highest BCUT2D eigenvalue weighted by Crippen LogP contribution is 2.14. The molecular formula is C25H30IN5O2. The highest BCUT2D eigenvalue weighted by molar-refractivity contribution is 14.0. The summed E-state index contributed by atoms with van der Waals surface area (Å²) < 4.78 is 5.85. The Hall–Kier alpha value is -3.14. The second kappa shape index (κ2) is 14.1. The molecule has 0 spiro atoms. The third-order valence-electron chi connectivity index (χ3n) is 4.82. The van der Waals surface area contributed by atoms with Crippen molar-refractivity contribution in [1.82, 2.24) is 20.9 Å². The fourth-order valence-corrected chi connectivity index (χ4v) is 3.13. The average Bonchev–Trinajstić information content (AvgIpc) is 2.85. The Labute approximate surface area is 212 Å². The van der Waals surface area contributed by atoms with Gasteiger partial charge in [-0.3, -0.25) is 14.8 Å². The molecule has 0 saturated heterocycles. The van der Waals surface area contributed by atoms with E-state index in [9.17, 15) is 4.79 Å². The average molecular weight is 559 g/mol. The SMILES string of the molecule is CN=C(NCCc1cccc(C(=O)NC)c1)NCc1cccc(OCc2ccccn2)c1.I. The third-order valence-corrected chi connectivity index (χ3v) is 4.82. The van der Waals surface area contributed by atoms with Crippen molar-refractivity contribution in [3.8, 4) is 5.75 Å². The standard InChI is InChI=1S/C25H29N5O2.HI/c1-26-24(31)21-9-5-7-19(15-21)12-14-29-25(27-2)30-17-20-8-6-11-23(16-20)32-18-22-10-3-4-13-28-22;/h3-11,13,15-16H,12,14,17-18H2,1-2H3,(H,26,31)(H2,27,29,30);1H. The molecule has 3 aromatic rings. The molecule has 0 saturated carbocycles. The lowest BCUT2D eigenvalue weighted by atomic mass is 10.1. The zero-order valence-corrected chi connectivity index (χ0v) is 21.2. The Balaban J connectivity index is 0.00000385. The molecule has 0 unspecified atom stereocenters. The first-order valence-electron chi connectivity index (χ1n) is 10.5. The number of carbonyl (C=O) groups is 1. The number of hydrogen-bond donors (Lipinski definition) is 3. The number of aromatic nitrogens is 1. The third kappa shape index (κ3) is 8.72. The molecule has 8 heteroatoms. The number of ether oxygens (including phenoxy) is 1. The smallest absolute Gasteiger partial charge is 0.251 e. The molecule has 3 N–H and O–H groups in total. The number of pyridine rings is 1. The van der Waals surface area contributed by atoms with Crippen LogP contribution in [0.3, 0.4) is 0 Å². The molecule has 0 atom stereocenters. The van der Waals surface area contributed by atoms with E-state index in [0.29, 0.717) is 31.2 Å². The summed E-state index contributed by atoms with van der Waals surface area (Å²) in [5, 5.41) is 9.28. The highest BCUT2D eigenvalue weighted by Gasteiger charge is 2.05. The summed E-state index contributed by atoms with van der Waals surface area (Å²) in [6, 6.07) is 21.4. The number of benzene rings is 2. The molecule has 174 valence electrons. The summed E-state index contributed by atoms with van der Waals surface area (Å²) in [4.78, 5) is 20.3. The molecule has 0 bridgehead atoms. The summed E-state index contributed by atoms with van der Waals surface area (Å²) in [6.07, 6.45) is 2.54. The van der Waals surface area contributed by atoms with Crippen molar-refractivity contribution in [2.45, 2.75) is 19.6 Å². The number of guanidine groups is 1. The summed E-state index contributed by atoms with van der Waals surface area (Å²) >= 11 is 0. The number of hydrogen-bond acceptors (Lipinski definition) is 4. The van der Waals surface area contributed by atoms with Crippen LogP contribution < -0.4 is 20.7 Å². The molecule has 7 nitrogen and oxygen atoms in total. The fourth-order valence-electron chi connectivity index (χ4n) is 3.13. The van der Waals surface area contributed by atoms with Gasteiger partial charge in [-0.25, -0.2) is 0 Å². The molecule has 0 fully saturated rings. The van der Waals surface area contributed by atoms with Gasteiger partial charge in [0.15, 0.2) is 5.96 Å². The quantitative estimate of drug-likeness (QED) is 0.212. The van der Waals surface area contributed by atoms with Gasteiger partial charge in [0, 0.05) is 38.9 Å². The van der Waals surface area contributed by atoms with Gasteiger partial charge in [-0.15, -0.1) is 24.0 Å². The first kappa shape index (κ1) is 26.1. The van der Waals surface area contributed by atoms with E-state index in [2.05, 4.69) is 25.9 Å². The lowest BCUT2D eigenvalue weighted by Gasteiger charge is -2.13. The van der Waals surface area contributed by atoms with E-state index in [-0.39, 0.29) is 29.9 Å². The largest absolute Gasteiger partial charge is 0.487 e. The van der Waals surface area contributed by atoms with Crippen molar-refractivity contribution in [1.29, 1.82) is 0 Å². The van der Waals surface area contributed by atoms with Crippen LogP contribution >= 0.6 is 24.0 Å². The maximum Gasteiger partial charge on any atom is 0.251 e. The van der Waals surface area contributed by atoms with Crippen LogP contribution in [-0.4, -0.2) is 37.5 Å². The maximum absolute atomic E-state index is 11.8. The van der Waals surface area contributed by atoms with Gasteiger partial charge in [0.25, 0.3) is 5.91 Å². The van der Waals surface area contributed by atoms with Crippen molar-refractivity contribution >= 4 is 35.8 Å². The first-order valence-corrected chi connectivity index (χ1v) is 10.5. The summed E-state index contributed by atoms with van der Waals surface area (Å²) in [5.41, 5.74) is 3.73. The molecule has 33 heavy (non-hydrogen) atoms. The van der Waals surface area contributed by atoms with E-state index < -0.39 is 0 Å². The number of carbonyl (C=O) groups excluding carboxylic acids is 1. The lowest BCUT2D eigenvalue weighted by Crippen LogP contribution is -2.37. The second-order valence-electron chi connectivity index (χ2n) is 7.14. The molecule has 0 aliphatic rings. The summed E-state index contributed by atoms with van der Waals surface area (Å²) in [6.45, 7) is 1.75. The monoisotopic (exact) mass is 559 g/mol. The zero-order chi connectivity index (χ0) is 22.6. The predicted octanol–water partition coefficient (Wildman–Crippen LogP) is 3.55. The van der Waals surface area contributed by atoms with E-state index >= 15 is 0 Å². The van der Waals surface area contributed by atoms with Gasteiger partial charge in [-0.1, -0.05) is 30.3 Å². The van der Waals surface area contributed by atoms with Gasteiger partial charge in [0.2, 0.25) is 0 Å². The molecule has 0 aliphatic heterocycles. The Morgan fingerprint density at radius 3 is 2.58 bits per heavy atom. The van der Waals surface area contributed by atoms with Gasteiger partial charge >= 0.3 is 0 Å².